The fourth-order valence-electron chi connectivity index (χ4n) is 3.62. The molecule has 2 saturated carbocycles. The van der Waals surface area contributed by atoms with Crippen LogP contribution in [0.1, 0.15) is 39.0 Å². The molecule has 24 heavy (non-hydrogen) atoms. The Labute approximate surface area is 140 Å². The van der Waals surface area contributed by atoms with Crippen LogP contribution in [-0.2, 0) is 14.3 Å². The number of rotatable bonds is 4. The summed E-state index contributed by atoms with van der Waals surface area (Å²) in [6.07, 6.45) is 2.42. The number of carbonyl (C=O) groups is 1. The molecule has 5 nitrogen and oxygen atoms in total. The molecule has 140 valence electrons. The van der Waals surface area contributed by atoms with Gasteiger partial charge >= 0.3 is 12.1 Å². The summed E-state index contributed by atoms with van der Waals surface area (Å²) in [6.45, 7) is 6.25. The molecule has 0 aromatic carbocycles. The molecule has 0 bridgehead atoms. The van der Waals surface area contributed by atoms with Crippen LogP contribution in [0.3, 0.4) is 0 Å². The van der Waals surface area contributed by atoms with E-state index in [4.69, 9.17) is 19.4 Å². The Morgan fingerprint density at radius 3 is 2.46 bits per heavy atom. The molecular formula is C16H26F3NO4. The number of carboxylic acid groups (broad SMARTS) is 1. The lowest BCUT2D eigenvalue weighted by Crippen LogP contribution is -2.53. The van der Waals surface area contributed by atoms with Gasteiger partial charge in [0.25, 0.3) is 0 Å². The minimum Gasteiger partial charge on any atom is -0.475 e. The van der Waals surface area contributed by atoms with Gasteiger partial charge in [-0.15, -0.1) is 0 Å². The van der Waals surface area contributed by atoms with Gasteiger partial charge in [-0.2, -0.15) is 13.2 Å². The maximum Gasteiger partial charge on any atom is 0.490 e. The van der Waals surface area contributed by atoms with Crippen LogP contribution >= 0.6 is 0 Å². The van der Waals surface area contributed by atoms with E-state index in [9.17, 15) is 13.2 Å². The van der Waals surface area contributed by atoms with Crippen molar-refractivity contribution in [2.75, 3.05) is 26.3 Å². The Bertz CT molecular complexity index is 415. The quantitative estimate of drug-likeness (QED) is 0.842. The van der Waals surface area contributed by atoms with Crippen LogP contribution in [0.25, 0.3) is 0 Å². The summed E-state index contributed by atoms with van der Waals surface area (Å²) in [5.41, 5.74) is 0. The second-order valence-electron chi connectivity index (χ2n) is 6.57. The standard InChI is InChI=1S/C14H25NO2.C2HF3O2/c1-2-16-13-7-6-12-14(13)17-9-8-15(12)10-11-4-3-5-11;3-2(4,5)1(6)7/h11-14H,2-10H2,1H3;(H,6,7)/t12-,13+,14+;/m0./s1. The summed E-state index contributed by atoms with van der Waals surface area (Å²) in [5, 5.41) is 7.12. The van der Waals surface area contributed by atoms with Crippen molar-refractivity contribution in [1.82, 2.24) is 4.90 Å². The maximum absolute atomic E-state index is 10.6. The van der Waals surface area contributed by atoms with E-state index in [0.717, 1.165) is 25.7 Å². The number of fused-ring (bicyclic) bond motifs is 1. The number of aliphatic carboxylic acids is 1. The van der Waals surface area contributed by atoms with Crippen molar-refractivity contribution >= 4 is 5.97 Å². The highest BCUT2D eigenvalue weighted by molar-refractivity contribution is 5.73. The van der Waals surface area contributed by atoms with E-state index in [2.05, 4.69) is 11.8 Å². The summed E-state index contributed by atoms with van der Waals surface area (Å²) >= 11 is 0. The van der Waals surface area contributed by atoms with Gasteiger partial charge in [0.2, 0.25) is 0 Å². The molecule has 8 heteroatoms. The van der Waals surface area contributed by atoms with E-state index < -0.39 is 12.1 Å². The number of hydrogen-bond donors (Lipinski definition) is 1. The van der Waals surface area contributed by atoms with E-state index >= 15 is 0 Å². The maximum atomic E-state index is 10.6. The van der Waals surface area contributed by atoms with E-state index in [0.29, 0.717) is 18.2 Å². The minimum atomic E-state index is -5.08. The monoisotopic (exact) mass is 353 g/mol. The molecule has 0 aromatic rings. The van der Waals surface area contributed by atoms with Gasteiger partial charge in [0.1, 0.15) is 0 Å². The fraction of sp³-hybridized carbons (Fsp3) is 0.938. The van der Waals surface area contributed by atoms with Crippen molar-refractivity contribution in [3.8, 4) is 0 Å². The predicted octanol–water partition coefficient (Wildman–Crippen LogP) is 2.69. The zero-order chi connectivity index (χ0) is 17.7. The summed E-state index contributed by atoms with van der Waals surface area (Å²) in [4.78, 5) is 11.6. The highest BCUT2D eigenvalue weighted by Gasteiger charge is 2.43. The van der Waals surface area contributed by atoms with E-state index in [-0.39, 0.29) is 0 Å². The summed E-state index contributed by atoms with van der Waals surface area (Å²) < 4.78 is 43.5. The van der Waals surface area contributed by atoms with Gasteiger partial charge in [0.15, 0.2) is 0 Å². The minimum absolute atomic E-state index is 0.351. The zero-order valence-electron chi connectivity index (χ0n) is 13.9. The molecule has 3 rings (SSSR count). The molecule has 1 heterocycles. The van der Waals surface area contributed by atoms with Gasteiger partial charge in [-0.1, -0.05) is 6.42 Å². The Morgan fingerprint density at radius 1 is 1.29 bits per heavy atom. The third-order valence-electron chi connectivity index (χ3n) is 4.99. The van der Waals surface area contributed by atoms with Crippen molar-refractivity contribution in [3.05, 3.63) is 0 Å². The Balaban J connectivity index is 0.000000256. The second-order valence-corrected chi connectivity index (χ2v) is 6.57. The lowest BCUT2D eigenvalue weighted by molar-refractivity contribution is -0.192. The van der Waals surface area contributed by atoms with Crippen molar-refractivity contribution in [3.63, 3.8) is 0 Å². The van der Waals surface area contributed by atoms with E-state index in [1.54, 1.807) is 0 Å². The lowest BCUT2D eigenvalue weighted by atomic mass is 9.84. The lowest BCUT2D eigenvalue weighted by Gasteiger charge is -2.42. The molecule has 0 radical (unpaired) electrons. The molecule has 1 aliphatic heterocycles. The van der Waals surface area contributed by atoms with Gasteiger partial charge in [-0.25, -0.2) is 4.79 Å². The van der Waals surface area contributed by atoms with Crippen LogP contribution in [-0.4, -0.2) is 66.7 Å². The average Bonchev–Trinajstić information content (AvgIpc) is 2.87. The molecule has 1 N–H and O–H groups in total. The van der Waals surface area contributed by atoms with Gasteiger partial charge in [0, 0.05) is 25.7 Å². The predicted molar refractivity (Wildman–Crippen MR) is 80.8 cm³/mol. The second kappa shape index (κ2) is 8.49. The molecule has 0 unspecified atom stereocenters. The molecule has 3 aliphatic rings. The highest BCUT2D eigenvalue weighted by atomic mass is 19.4. The molecule has 2 aliphatic carbocycles. The number of carboxylic acids is 1. The number of halogens is 3. The number of hydrogen-bond acceptors (Lipinski definition) is 4. The van der Waals surface area contributed by atoms with E-state index in [1.807, 2.05) is 0 Å². The summed E-state index contributed by atoms with van der Waals surface area (Å²) in [6, 6.07) is 0.640. The average molecular weight is 353 g/mol. The van der Waals surface area contributed by atoms with Crippen LogP contribution < -0.4 is 0 Å². The normalized spacial score (nSPS) is 30.9. The molecule has 3 atom stereocenters. The van der Waals surface area contributed by atoms with Gasteiger partial charge in [-0.3, -0.25) is 4.90 Å². The number of ether oxygens (including phenoxy) is 2. The molecule has 0 amide bonds. The third-order valence-corrected chi connectivity index (χ3v) is 4.99. The number of nitrogens with zero attached hydrogens (tertiary/aromatic N) is 1. The largest absolute Gasteiger partial charge is 0.490 e. The summed E-state index contributed by atoms with van der Waals surface area (Å²) in [7, 11) is 0. The Morgan fingerprint density at radius 2 is 1.96 bits per heavy atom. The van der Waals surface area contributed by atoms with Crippen molar-refractivity contribution in [2.24, 2.45) is 5.92 Å². The molecule has 3 fully saturated rings. The first-order valence-electron chi connectivity index (χ1n) is 8.60. The molecular weight excluding hydrogens is 327 g/mol. The molecule has 1 saturated heterocycles. The van der Waals surface area contributed by atoms with Crippen LogP contribution in [0.2, 0.25) is 0 Å². The number of alkyl halides is 3. The SMILES string of the molecule is CCO[C@@H]1CC[C@H]2[C@H]1OCCN2CC1CCC1.O=C(O)C(F)(F)F. The van der Waals surface area contributed by atoms with Crippen molar-refractivity contribution in [2.45, 2.75) is 63.5 Å². The molecule has 0 spiro atoms. The van der Waals surface area contributed by atoms with Crippen LogP contribution in [0.4, 0.5) is 13.2 Å². The van der Waals surface area contributed by atoms with Crippen molar-refractivity contribution < 1.29 is 32.5 Å². The van der Waals surface area contributed by atoms with Crippen molar-refractivity contribution in [1.29, 1.82) is 0 Å². The van der Waals surface area contributed by atoms with Crippen LogP contribution in [0.15, 0.2) is 0 Å². The van der Waals surface area contributed by atoms with Gasteiger partial charge in [-0.05, 0) is 38.5 Å². The number of morpholine rings is 1. The first-order valence-corrected chi connectivity index (χ1v) is 8.60. The smallest absolute Gasteiger partial charge is 0.475 e. The first-order chi connectivity index (χ1) is 11.3. The van der Waals surface area contributed by atoms with Crippen LogP contribution in [0, 0.1) is 5.92 Å². The van der Waals surface area contributed by atoms with Gasteiger partial charge < -0.3 is 14.6 Å². The topological polar surface area (TPSA) is 59.0 Å². The van der Waals surface area contributed by atoms with Crippen LogP contribution in [0.5, 0.6) is 0 Å². The fourth-order valence-corrected chi connectivity index (χ4v) is 3.62. The zero-order valence-corrected chi connectivity index (χ0v) is 13.9. The molecule has 0 aromatic heterocycles. The first kappa shape index (κ1) is 19.5. The Kier molecular flexibility index (Phi) is 6.88. The third kappa shape index (κ3) is 5.07. The van der Waals surface area contributed by atoms with Gasteiger partial charge in [0.05, 0.1) is 18.8 Å². The summed E-state index contributed by atoms with van der Waals surface area (Å²) in [5.74, 6) is -1.78. The highest BCUT2D eigenvalue weighted by Crippen LogP contribution is 2.35. The van der Waals surface area contributed by atoms with E-state index in [1.165, 1.54) is 38.6 Å². The Hall–Kier alpha value is -0.860.